The highest BCUT2D eigenvalue weighted by Gasteiger charge is 2.29. The molecule has 8 heteroatoms. The van der Waals surface area contributed by atoms with Gasteiger partial charge in [0.25, 0.3) is 0 Å². The van der Waals surface area contributed by atoms with Crippen LogP contribution >= 0.6 is 0 Å². The Morgan fingerprint density at radius 2 is 1.74 bits per heavy atom. The average molecular weight is 377 g/mol. The van der Waals surface area contributed by atoms with Crippen molar-refractivity contribution >= 4 is 23.4 Å². The van der Waals surface area contributed by atoms with E-state index in [4.69, 9.17) is 10.8 Å². The molecule has 0 aliphatic carbocycles. The summed E-state index contributed by atoms with van der Waals surface area (Å²) in [6.45, 7) is 5.03. The molecule has 1 rings (SSSR count). The predicted molar refractivity (Wildman–Crippen MR) is 98.7 cm³/mol. The minimum Gasteiger partial charge on any atom is -0.481 e. The molecule has 0 radical (unpaired) electrons. The maximum Gasteiger partial charge on any atom is 0.305 e. The van der Waals surface area contributed by atoms with Crippen molar-refractivity contribution in [1.29, 1.82) is 0 Å². The van der Waals surface area contributed by atoms with Crippen LogP contribution in [-0.4, -0.2) is 45.6 Å². The van der Waals surface area contributed by atoms with E-state index >= 15 is 0 Å². The lowest BCUT2D eigenvalue weighted by molar-refractivity contribution is -0.139. The number of aromatic nitrogens is 1. The first-order valence-electron chi connectivity index (χ1n) is 8.81. The smallest absolute Gasteiger partial charge is 0.305 e. The number of nitrogens with two attached hydrogens (primary N) is 1. The molecule has 148 valence electrons. The van der Waals surface area contributed by atoms with Crippen molar-refractivity contribution in [3.05, 3.63) is 30.1 Å². The number of hydrogen-bond acceptors (Lipinski definition) is 6. The van der Waals surface area contributed by atoms with E-state index in [9.17, 15) is 19.2 Å². The molecule has 0 spiro atoms. The van der Waals surface area contributed by atoms with Crippen LogP contribution in [0.4, 0.5) is 0 Å². The molecule has 0 saturated carbocycles. The number of carboxylic acid groups (broad SMARTS) is 1. The Hall–Kier alpha value is -2.61. The SMILES string of the molecule is CC(=O)[C@@H](NC(=O)[C@@H](CC(=O)[C@@H](N)CC(=O)O)Cc1ccncc1)C(C)C. The molecule has 1 aromatic rings. The molecule has 1 aromatic heterocycles. The van der Waals surface area contributed by atoms with Crippen LogP contribution in [0.2, 0.25) is 0 Å². The summed E-state index contributed by atoms with van der Waals surface area (Å²) in [4.78, 5) is 51.5. The zero-order chi connectivity index (χ0) is 20.6. The van der Waals surface area contributed by atoms with Gasteiger partial charge in [-0.3, -0.25) is 24.2 Å². The number of hydrogen-bond donors (Lipinski definition) is 3. The number of pyridine rings is 1. The van der Waals surface area contributed by atoms with Crippen molar-refractivity contribution in [1.82, 2.24) is 10.3 Å². The molecule has 0 bridgehead atoms. The van der Waals surface area contributed by atoms with E-state index in [-0.39, 0.29) is 24.5 Å². The van der Waals surface area contributed by atoms with Crippen molar-refractivity contribution in [2.75, 3.05) is 0 Å². The van der Waals surface area contributed by atoms with E-state index < -0.39 is 42.1 Å². The summed E-state index contributed by atoms with van der Waals surface area (Å²) in [6.07, 6.45) is 2.71. The molecule has 27 heavy (non-hydrogen) atoms. The van der Waals surface area contributed by atoms with Gasteiger partial charge >= 0.3 is 5.97 Å². The van der Waals surface area contributed by atoms with Crippen molar-refractivity contribution in [2.24, 2.45) is 17.6 Å². The molecule has 0 aliphatic heterocycles. The first kappa shape index (κ1) is 22.4. The van der Waals surface area contributed by atoms with E-state index in [1.54, 1.807) is 24.5 Å². The molecule has 0 aliphatic rings. The van der Waals surface area contributed by atoms with Gasteiger partial charge in [-0.1, -0.05) is 13.8 Å². The van der Waals surface area contributed by atoms with Crippen LogP contribution in [0, 0.1) is 11.8 Å². The largest absolute Gasteiger partial charge is 0.481 e. The van der Waals surface area contributed by atoms with Gasteiger partial charge in [0, 0.05) is 24.7 Å². The van der Waals surface area contributed by atoms with Crippen LogP contribution in [0.25, 0.3) is 0 Å². The van der Waals surface area contributed by atoms with Crippen LogP contribution in [0.15, 0.2) is 24.5 Å². The maximum absolute atomic E-state index is 12.8. The monoisotopic (exact) mass is 377 g/mol. The summed E-state index contributed by atoms with van der Waals surface area (Å²) >= 11 is 0. The lowest BCUT2D eigenvalue weighted by Gasteiger charge is -2.24. The van der Waals surface area contributed by atoms with E-state index in [1.165, 1.54) is 6.92 Å². The number of rotatable bonds is 11. The number of ketones is 2. The molecule has 4 N–H and O–H groups in total. The van der Waals surface area contributed by atoms with E-state index in [0.29, 0.717) is 0 Å². The number of nitrogens with zero attached hydrogens (tertiary/aromatic N) is 1. The second-order valence-corrected chi connectivity index (χ2v) is 6.97. The lowest BCUT2D eigenvalue weighted by atomic mass is 9.90. The van der Waals surface area contributed by atoms with Gasteiger partial charge in [0.1, 0.15) is 0 Å². The predicted octanol–water partition coefficient (Wildman–Crippen LogP) is 0.731. The van der Waals surface area contributed by atoms with Gasteiger partial charge in [0.2, 0.25) is 5.91 Å². The fourth-order valence-electron chi connectivity index (χ4n) is 2.77. The highest BCUT2D eigenvalue weighted by atomic mass is 16.4. The Balaban J connectivity index is 2.95. The molecule has 0 fully saturated rings. The van der Waals surface area contributed by atoms with E-state index in [2.05, 4.69) is 10.3 Å². The quantitative estimate of drug-likeness (QED) is 0.516. The van der Waals surface area contributed by atoms with Gasteiger partial charge in [-0.2, -0.15) is 0 Å². The van der Waals surface area contributed by atoms with Crippen LogP contribution in [-0.2, 0) is 25.6 Å². The lowest BCUT2D eigenvalue weighted by Crippen LogP contribution is -2.47. The number of carbonyl (C=O) groups is 4. The number of amides is 1. The summed E-state index contributed by atoms with van der Waals surface area (Å²) in [5.41, 5.74) is 6.43. The minimum atomic E-state index is -1.18. The Labute approximate surface area is 158 Å². The first-order chi connectivity index (χ1) is 12.6. The highest BCUT2D eigenvalue weighted by Crippen LogP contribution is 2.16. The second kappa shape index (κ2) is 10.5. The summed E-state index contributed by atoms with van der Waals surface area (Å²) in [5, 5.41) is 11.5. The number of carbonyl (C=O) groups excluding carboxylic acids is 3. The third-order valence-electron chi connectivity index (χ3n) is 4.26. The molecule has 0 saturated heterocycles. The molecule has 1 heterocycles. The van der Waals surface area contributed by atoms with Gasteiger partial charge < -0.3 is 16.2 Å². The molecular weight excluding hydrogens is 350 g/mol. The number of aliphatic carboxylic acids is 1. The van der Waals surface area contributed by atoms with Gasteiger partial charge in [-0.15, -0.1) is 0 Å². The van der Waals surface area contributed by atoms with Crippen LogP contribution in [0.1, 0.15) is 39.2 Å². The van der Waals surface area contributed by atoms with Gasteiger partial charge in [-0.25, -0.2) is 0 Å². The molecule has 1 amide bonds. The standard InChI is InChI=1S/C19H27N3O5/c1-11(2)18(12(3)23)22-19(27)14(8-13-4-6-21-7-5-13)9-16(24)15(20)10-17(25)26/h4-7,11,14-15,18H,8-10,20H2,1-3H3,(H,22,27)(H,25,26)/t14-,15+,18+/m1/s1. The first-order valence-corrected chi connectivity index (χ1v) is 8.81. The van der Waals surface area contributed by atoms with Crippen molar-refractivity contribution in [3.63, 3.8) is 0 Å². The van der Waals surface area contributed by atoms with Crippen molar-refractivity contribution < 1.29 is 24.3 Å². The average Bonchev–Trinajstić information content (AvgIpc) is 2.58. The number of Topliss-reactive ketones (excluding diaryl/α,β-unsaturated/α-hetero) is 2. The molecule has 0 aromatic carbocycles. The van der Waals surface area contributed by atoms with Gasteiger partial charge in [-0.05, 0) is 37.0 Å². The van der Waals surface area contributed by atoms with Crippen molar-refractivity contribution in [2.45, 2.75) is 52.1 Å². The summed E-state index contributed by atoms with van der Waals surface area (Å²) in [5.74, 6) is -3.15. The topological polar surface area (TPSA) is 139 Å². The van der Waals surface area contributed by atoms with E-state index in [1.807, 2.05) is 13.8 Å². The third kappa shape index (κ3) is 7.65. The Morgan fingerprint density at radius 3 is 2.22 bits per heavy atom. The Bertz CT molecular complexity index is 675. The van der Waals surface area contributed by atoms with Crippen LogP contribution in [0.5, 0.6) is 0 Å². The fourth-order valence-corrected chi connectivity index (χ4v) is 2.77. The third-order valence-corrected chi connectivity index (χ3v) is 4.26. The number of carboxylic acids is 1. The summed E-state index contributed by atoms with van der Waals surface area (Å²) in [6, 6.07) is 1.63. The minimum absolute atomic E-state index is 0.0991. The summed E-state index contributed by atoms with van der Waals surface area (Å²) < 4.78 is 0. The molecule has 8 nitrogen and oxygen atoms in total. The fraction of sp³-hybridized carbons (Fsp3) is 0.526. The van der Waals surface area contributed by atoms with Gasteiger partial charge in [0.15, 0.2) is 11.6 Å². The Kier molecular flexibility index (Phi) is 8.74. The zero-order valence-corrected chi connectivity index (χ0v) is 15.8. The van der Waals surface area contributed by atoms with Crippen molar-refractivity contribution in [3.8, 4) is 0 Å². The molecule has 3 atom stereocenters. The highest BCUT2D eigenvalue weighted by molar-refractivity contribution is 5.93. The van der Waals surface area contributed by atoms with Crippen LogP contribution in [0.3, 0.4) is 0 Å². The van der Waals surface area contributed by atoms with Gasteiger partial charge in [0.05, 0.1) is 18.5 Å². The molecule has 0 unspecified atom stereocenters. The Morgan fingerprint density at radius 1 is 1.15 bits per heavy atom. The maximum atomic E-state index is 12.8. The van der Waals surface area contributed by atoms with E-state index in [0.717, 1.165) is 5.56 Å². The zero-order valence-electron chi connectivity index (χ0n) is 15.8. The van der Waals surface area contributed by atoms with Crippen LogP contribution < -0.4 is 11.1 Å². The normalized spacial score (nSPS) is 14.3. The summed E-state index contributed by atoms with van der Waals surface area (Å²) in [7, 11) is 0. The molecular formula is C19H27N3O5. The number of nitrogens with one attached hydrogen (secondary N) is 1. The second-order valence-electron chi connectivity index (χ2n) is 6.97.